The van der Waals surface area contributed by atoms with Crippen LogP contribution < -0.4 is 0 Å². The van der Waals surface area contributed by atoms with Gasteiger partial charge in [-0.15, -0.1) is 0 Å². The zero-order valence-corrected chi connectivity index (χ0v) is 7.98. The van der Waals surface area contributed by atoms with E-state index in [9.17, 15) is 9.18 Å². The largest absolute Gasteiger partial charge is 0.298 e. The van der Waals surface area contributed by atoms with Crippen molar-refractivity contribution in [2.24, 2.45) is 0 Å². The summed E-state index contributed by atoms with van der Waals surface area (Å²) in [6.07, 6.45) is 0.553. The highest BCUT2D eigenvalue weighted by molar-refractivity contribution is 5.87. The molecule has 0 spiro atoms. The van der Waals surface area contributed by atoms with Crippen molar-refractivity contribution in [3.05, 3.63) is 59.9 Å². The molecule has 0 aliphatic carbocycles. The van der Waals surface area contributed by atoms with Gasteiger partial charge >= 0.3 is 0 Å². The van der Waals surface area contributed by atoms with Crippen molar-refractivity contribution >= 4 is 6.29 Å². The fraction of sp³-hybridized carbons (Fsp3) is 0. The third-order valence-corrected chi connectivity index (χ3v) is 2.26. The quantitative estimate of drug-likeness (QED) is 0.680. The molecule has 0 radical (unpaired) electrons. The lowest BCUT2D eigenvalue weighted by molar-refractivity contribution is 0.112. The number of aldehydes is 1. The van der Waals surface area contributed by atoms with E-state index in [1.165, 1.54) is 6.07 Å². The maximum absolute atomic E-state index is 13.3. The number of benzene rings is 2. The molecular weight excluding hydrogens is 191 g/mol. The summed E-state index contributed by atoms with van der Waals surface area (Å²) in [5, 5.41) is 0. The van der Waals surface area contributed by atoms with Crippen molar-refractivity contribution in [3.8, 4) is 11.1 Å². The van der Waals surface area contributed by atoms with Crippen LogP contribution in [-0.4, -0.2) is 6.29 Å². The van der Waals surface area contributed by atoms with Gasteiger partial charge in [0, 0.05) is 0 Å². The van der Waals surface area contributed by atoms with E-state index < -0.39 is 5.82 Å². The Morgan fingerprint density at radius 1 is 0.933 bits per heavy atom. The third kappa shape index (κ3) is 1.79. The Hall–Kier alpha value is -1.96. The SMILES string of the molecule is O=Cc1c(F)cccc1-c1ccccc1. The van der Waals surface area contributed by atoms with Crippen LogP contribution in [0.5, 0.6) is 0 Å². The molecular formula is C13H9FO. The predicted molar refractivity (Wildman–Crippen MR) is 57.2 cm³/mol. The molecule has 0 atom stereocenters. The topological polar surface area (TPSA) is 17.1 Å². The molecule has 0 heterocycles. The molecule has 2 aromatic carbocycles. The Balaban J connectivity index is 2.63. The first-order chi connectivity index (χ1) is 7.33. The first kappa shape index (κ1) is 9.59. The van der Waals surface area contributed by atoms with E-state index in [-0.39, 0.29) is 5.56 Å². The molecule has 0 saturated heterocycles. The smallest absolute Gasteiger partial charge is 0.153 e. The Kier molecular flexibility index (Phi) is 2.59. The van der Waals surface area contributed by atoms with Gasteiger partial charge in [0.25, 0.3) is 0 Å². The maximum Gasteiger partial charge on any atom is 0.153 e. The summed E-state index contributed by atoms with van der Waals surface area (Å²) in [5.41, 5.74) is 1.59. The monoisotopic (exact) mass is 200 g/mol. The molecule has 2 rings (SSSR count). The van der Waals surface area contributed by atoms with E-state index in [0.717, 1.165) is 5.56 Å². The van der Waals surface area contributed by atoms with E-state index in [4.69, 9.17) is 0 Å². The molecule has 2 heteroatoms. The van der Waals surface area contributed by atoms with Gasteiger partial charge in [-0.25, -0.2) is 4.39 Å². The minimum Gasteiger partial charge on any atom is -0.298 e. The highest BCUT2D eigenvalue weighted by Crippen LogP contribution is 2.23. The number of halogens is 1. The van der Waals surface area contributed by atoms with Crippen LogP contribution in [0.15, 0.2) is 48.5 Å². The lowest BCUT2D eigenvalue weighted by Crippen LogP contribution is -1.91. The zero-order valence-electron chi connectivity index (χ0n) is 7.98. The van der Waals surface area contributed by atoms with Gasteiger partial charge in [0.05, 0.1) is 5.56 Å². The standard InChI is InChI=1S/C13H9FO/c14-13-8-4-7-11(12(13)9-15)10-5-2-1-3-6-10/h1-9H. The third-order valence-electron chi connectivity index (χ3n) is 2.26. The minimum absolute atomic E-state index is 0.115. The Labute approximate surface area is 87.2 Å². The van der Waals surface area contributed by atoms with Crippen LogP contribution in [0.2, 0.25) is 0 Å². The first-order valence-corrected chi connectivity index (χ1v) is 4.62. The molecule has 0 aliphatic rings. The lowest BCUT2D eigenvalue weighted by Gasteiger charge is -2.05. The van der Waals surface area contributed by atoms with Gasteiger partial charge in [0.15, 0.2) is 6.29 Å². The average molecular weight is 200 g/mol. The van der Waals surface area contributed by atoms with Gasteiger partial charge in [-0.2, -0.15) is 0 Å². The van der Waals surface area contributed by atoms with E-state index in [1.807, 2.05) is 30.3 Å². The lowest BCUT2D eigenvalue weighted by atomic mass is 10.0. The normalized spacial score (nSPS) is 9.93. The second kappa shape index (κ2) is 4.05. The number of carbonyl (C=O) groups is 1. The minimum atomic E-state index is -0.480. The molecule has 2 aromatic rings. The van der Waals surface area contributed by atoms with Gasteiger partial charge < -0.3 is 0 Å². The predicted octanol–water partition coefficient (Wildman–Crippen LogP) is 3.31. The molecule has 0 amide bonds. The van der Waals surface area contributed by atoms with Crippen molar-refractivity contribution in [2.45, 2.75) is 0 Å². The summed E-state index contributed by atoms with van der Waals surface area (Å²) < 4.78 is 13.3. The zero-order chi connectivity index (χ0) is 10.7. The second-order valence-corrected chi connectivity index (χ2v) is 3.18. The van der Waals surface area contributed by atoms with Crippen LogP contribution in [-0.2, 0) is 0 Å². The highest BCUT2D eigenvalue weighted by Gasteiger charge is 2.08. The Morgan fingerprint density at radius 2 is 1.67 bits per heavy atom. The van der Waals surface area contributed by atoms with Gasteiger partial charge in [-0.3, -0.25) is 4.79 Å². The van der Waals surface area contributed by atoms with E-state index in [1.54, 1.807) is 12.1 Å². The maximum atomic E-state index is 13.3. The molecule has 0 aromatic heterocycles. The first-order valence-electron chi connectivity index (χ1n) is 4.62. The van der Waals surface area contributed by atoms with Crippen LogP contribution in [0.3, 0.4) is 0 Å². The van der Waals surface area contributed by atoms with Crippen molar-refractivity contribution in [3.63, 3.8) is 0 Å². The summed E-state index contributed by atoms with van der Waals surface area (Å²) in [4.78, 5) is 10.8. The van der Waals surface area contributed by atoms with Crippen LogP contribution in [0.1, 0.15) is 10.4 Å². The Morgan fingerprint density at radius 3 is 2.33 bits per heavy atom. The van der Waals surface area contributed by atoms with E-state index in [0.29, 0.717) is 11.8 Å². The van der Waals surface area contributed by atoms with Gasteiger partial charge in [-0.05, 0) is 17.2 Å². The van der Waals surface area contributed by atoms with Crippen molar-refractivity contribution in [1.29, 1.82) is 0 Å². The number of rotatable bonds is 2. The van der Waals surface area contributed by atoms with Crippen LogP contribution in [0.4, 0.5) is 4.39 Å². The molecule has 0 bridgehead atoms. The fourth-order valence-corrected chi connectivity index (χ4v) is 1.53. The summed E-state index contributed by atoms with van der Waals surface area (Å²) in [5.74, 6) is -0.480. The molecule has 0 fully saturated rings. The summed E-state index contributed by atoms with van der Waals surface area (Å²) in [7, 11) is 0. The van der Waals surface area contributed by atoms with Gasteiger partial charge in [0.1, 0.15) is 5.82 Å². The summed E-state index contributed by atoms with van der Waals surface area (Å²) in [6, 6.07) is 13.9. The van der Waals surface area contributed by atoms with E-state index in [2.05, 4.69) is 0 Å². The molecule has 15 heavy (non-hydrogen) atoms. The van der Waals surface area contributed by atoms with Crippen molar-refractivity contribution < 1.29 is 9.18 Å². The molecule has 74 valence electrons. The Bertz CT molecular complexity index is 477. The molecule has 0 unspecified atom stereocenters. The summed E-state index contributed by atoms with van der Waals surface area (Å²) in [6.45, 7) is 0. The molecule has 0 saturated carbocycles. The number of hydrogen-bond acceptors (Lipinski definition) is 1. The molecule has 1 nitrogen and oxygen atoms in total. The van der Waals surface area contributed by atoms with Crippen LogP contribution >= 0.6 is 0 Å². The highest BCUT2D eigenvalue weighted by atomic mass is 19.1. The fourth-order valence-electron chi connectivity index (χ4n) is 1.53. The van der Waals surface area contributed by atoms with Gasteiger partial charge in [-0.1, -0.05) is 42.5 Å². The van der Waals surface area contributed by atoms with Crippen LogP contribution in [0.25, 0.3) is 11.1 Å². The molecule has 0 N–H and O–H groups in total. The van der Waals surface area contributed by atoms with Crippen LogP contribution in [0, 0.1) is 5.82 Å². The van der Waals surface area contributed by atoms with Gasteiger partial charge in [0.2, 0.25) is 0 Å². The van der Waals surface area contributed by atoms with Crippen molar-refractivity contribution in [1.82, 2.24) is 0 Å². The number of carbonyl (C=O) groups excluding carboxylic acids is 1. The number of hydrogen-bond donors (Lipinski definition) is 0. The average Bonchev–Trinajstić information content (AvgIpc) is 2.30. The molecule has 0 aliphatic heterocycles. The summed E-state index contributed by atoms with van der Waals surface area (Å²) >= 11 is 0. The van der Waals surface area contributed by atoms with E-state index >= 15 is 0 Å². The second-order valence-electron chi connectivity index (χ2n) is 3.18. The van der Waals surface area contributed by atoms with Crippen molar-refractivity contribution in [2.75, 3.05) is 0 Å².